The van der Waals surface area contributed by atoms with E-state index >= 15 is 0 Å². The Morgan fingerprint density at radius 3 is 2.86 bits per heavy atom. The van der Waals surface area contributed by atoms with E-state index in [1.165, 1.54) is 10.9 Å². The van der Waals surface area contributed by atoms with Crippen LogP contribution in [0.2, 0.25) is 0 Å². The molecule has 1 aromatic heterocycles. The van der Waals surface area contributed by atoms with Gasteiger partial charge in [0.2, 0.25) is 0 Å². The highest BCUT2D eigenvalue weighted by atomic mass is 16.5. The average molecular weight is 101 g/mol. The fourth-order valence-corrected chi connectivity index (χ4v) is 0.328. The Morgan fingerprint density at radius 1 is 2.00 bits per heavy atom. The maximum Gasteiger partial charge on any atom is 0.426 e. The second kappa shape index (κ2) is 1.22. The first-order valence-electron chi connectivity index (χ1n) is 1.83. The number of aryl methyl sites for hydroxylation is 1. The van der Waals surface area contributed by atoms with Crippen molar-refractivity contribution < 1.29 is 9.20 Å². The lowest BCUT2D eigenvalue weighted by Gasteiger charge is -1.61. The molecule has 0 aliphatic rings. The van der Waals surface area contributed by atoms with E-state index < -0.39 is 0 Å². The molecule has 7 heavy (non-hydrogen) atoms. The zero-order valence-electron chi connectivity index (χ0n) is 3.84. The Labute approximate surface area is 39.3 Å². The summed E-state index contributed by atoms with van der Waals surface area (Å²) in [5.74, 6) is 0. The van der Waals surface area contributed by atoms with Crippen LogP contribution in [0.4, 0.5) is 0 Å². The molecule has 0 amide bonds. The van der Waals surface area contributed by atoms with E-state index in [0.29, 0.717) is 0 Å². The quantitative estimate of drug-likeness (QED) is 0.417. The first-order chi connectivity index (χ1) is 3.29. The van der Waals surface area contributed by atoms with Gasteiger partial charge in [0.15, 0.2) is 7.05 Å². The predicted octanol–water partition coefficient (Wildman–Crippen LogP) is -1.21. The molecule has 1 heterocycles. The lowest BCUT2D eigenvalue weighted by atomic mass is 10.9. The van der Waals surface area contributed by atoms with Crippen molar-refractivity contribution in [1.29, 1.82) is 0 Å². The molecular weight excluding hydrogens is 96.0 g/mol. The van der Waals surface area contributed by atoms with E-state index in [0.717, 1.165) is 0 Å². The maximum atomic E-state index is 10.1. The number of H-pyrrole nitrogens is 1. The fraction of sp³-hybridized carbons (Fsp3) is 0.333. The molecule has 4 heteroatoms. The molecule has 0 saturated carbocycles. The van der Waals surface area contributed by atoms with Gasteiger partial charge in [0.1, 0.15) is 0 Å². The summed E-state index contributed by atoms with van der Waals surface area (Å²) in [6.07, 6.45) is 1.31. The number of hydrogen-bond donors (Lipinski definition) is 1. The van der Waals surface area contributed by atoms with Gasteiger partial charge in [0.05, 0.1) is 0 Å². The number of aromatic nitrogens is 2. The monoisotopic (exact) mass is 101 g/mol. The summed E-state index contributed by atoms with van der Waals surface area (Å²) in [7, 11) is 1.67. The lowest BCUT2D eigenvalue weighted by molar-refractivity contribution is -0.739. The Morgan fingerprint density at radius 2 is 2.71 bits per heavy atom. The summed E-state index contributed by atoms with van der Waals surface area (Å²) in [6.45, 7) is 0. The largest absolute Gasteiger partial charge is 0.426 e. The first-order valence-corrected chi connectivity index (χ1v) is 1.83. The second-order valence-electron chi connectivity index (χ2n) is 1.25. The molecule has 0 atom stereocenters. The van der Waals surface area contributed by atoms with E-state index in [2.05, 4.69) is 9.79 Å². The summed E-state index contributed by atoms with van der Waals surface area (Å²) >= 11 is 0. The van der Waals surface area contributed by atoms with E-state index in [4.69, 9.17) is 0 Å². The standard InChI is InChI=1S/C3H4N2O2/c1-5-2-3(6)7-4-5/h2H,1H3/p+1. The minimum atomic E-state index is -0.359. The van der Waals surface area contributed by atoms with Gasteiger partial charge in [-0.1, -0.05) is 4.68 Å². The summed E-state index contributed by atoms with van der Waals surface area (Å²) in [6, 6.07) is 0. The van der Waals surface area contributed by atoms with Gasteiger partial charge >= 0.3 is 5.63 Å². The molecule has 1 rings (SSSR count). The van der Waals surface area contributed by atoms with Crippen molar-refractivity contribution in [3.05, 3.63) is 16.6 Å². The third-order valence-electron chi connectivity index (χ3n) is 0.589. The SMILES string of the molecule is C[n+]1cc(=O)o[nH]1. The molecule has 0 spiro atoms. The number of nitrogens with one attached hydrogen (secondary N) is 1. The van der Waals surface area contributed by atoms with Crippen LogP contribution in [0.15, 0.2) is 15.5 Å². The molecule has 0 aliphatic heterocycles. The number of rotatable bonds is 0. The molecule has 4 nitrogen and oxygen atoms in total. The molecule has 0 unspecified atom stereocenters. The highest BCUT2D eigenvalue weighted by Crippen LogP contribution is 1.48. The molecular formula is C3H5N2O2+. The van der Waals surface area contributed by atoms with Gasteiger partial charge in [-0.25, -0.2) is 4.79 Å². The highest BCUT2D eigenvalue weighted by Gasteiger charge is 1.93. The van der Waals surface area contributed by atoms with E-state index in [1.54, 1.807) is 7.05 Å². The summed E-state index contributed by atoms with van der Waals surface area (Å²) in [4.78, 5) is 10.1. The van der Waals surface area contributed by atoms with Gasteiger partial charge in [0.25, 0.3) is 6.20 Å². The second-order valence-corrected chi connectivity index (χ2v) is 1.25. The van der Waals surface area contributed by atoms with Gasteiger partial charge in [0, 0.05) is 0 Å². The molecule has 0 aliphatic carbocycles. The normalized spacial score (nSPS) is 9.29. The molecule has 0 aromatic carbocycles. The van der Waals surface area contributed by atoms with Crippen molar-refractivity contribution in [3.8, 4) is 0 Å². The third kappa shape index (κ3) is 0.677. The van der Waals surface area contributed by atoms with Crippen molar-refractivity contribution in [1.82, 2.24) is 5.27 Å². The summed E-state index contributed by atoms with van der Waals surface area (Å²) in [5.41, 5.74) is -0.359. The minimum absolute atomic E-state index is 0.359. The van der Waals surface area contributed by atoms with Gasteiger partial charge in [-0.15, -0.1) is 0 Å². The van der Waals surface area contributed by atoms with Gasteiger partial charge in [-0.05, 0) is 5.27 Å². The topological polar surface area (TPSA) is 49.9 Å². The Hall–Kier alpha value is -1.06. The highest BCUT2D eigenvalue weighted by molar-refractivity contribution is 4.47. The van der Waals surface area contributed by atoms with Gasteiger partial charge in [-0.3, -0.25) is 4.52 Å². The molecule has 38 valence electrons. The van der Waals surface area contributed by atoms with Crippen molar-refractivity contribution in [3.63, 3.8) is 0 Å². The molecule has 1 N–H and O–H groups in total. The zero-order valence-corrected chi connectivity index (χ0v) is 3.84. The van der Waals surface area contributed by atoms with Crippen molar-refractivity contribution in [2.75, 3.05) is 0 Å². The number of nitrogens with zero attached hydrogens (tertiary/aromatic N) is 1. The summed E-state index contributed by atoms with van der Waals surface area (Å²) in [5, 5.41) is 2.30. The van der Waals surface area contributed by atoms with Crippen LogP contribution >= 0.6 is 0 Å². The zero-order chi connectivity index (χ0) is 5.28. The maximum absolute atomic E-state index is 10.1. The van der Waals surface area contributed by atoms with Gasteiger partial charge < -0.3 is 0 Å². The Balaban J connectivity index is 3.30. The van der Waals surface area contributed by atoms with Crippen LogP contribution in [0, 0.1) is 0 Å². The van der Waals surface area contributed by atoms with Crippen molar-refractivity contribution in [2.24, 2.45) is 7.05 Å². The van der Waals surface area contributed by atoms with Crippen LogP contribution < -0.4 is 10.3 Å². The van der Waals surface area contributed by atoms with Crippen LogP contribution in [0.3, 0.4) is 0 Å². The summed E-state index contributed by atoms with van der Waals surface area (Å²) < 4.78 is 5.68. The van der Waals surface area contributed by atoms with Crippen LogP contribution in [-0.2, 0) is 7.05 Å². The molecule has 0 fully saturated rings. The van der Waals surface area contributed by atoms with E-state index in [-0.39, 0.29) is 5.63 Å². The Bertz CT molecular complexity index is 199. The van der Waals surface area contributed by atoms with Crippen LogP contribution in [0.5, 0.6) is 0 Å². The molecule has 0 bridgehead atoms. The molecule has 1 aromatic rings. The van der Waals surface area contributed by atoms with Crippen LogP contribution in [0.25, 0.3) is 0 Å². The number of aromatic amines is 1. The van der Waals surface area contributed by atoms with Gasteiger partial charge in [-0.2, -0.15) is 0 Å². The van der Waals surface area contributed by atoms with Crippen LogP contribution in [0.1, 0.15) is 0 Å². The average Bonchev–Trinajstić information content (AvgIpc) is 1.87. The van der Waals surface area contributed by atoms with E-state index in [1.807, 2.05) is 0 Å². The van der Waals surface area contributed by atoms with Crippen molar-refractivity contribution >= 4 is 0 Å². The third-order valence-corrected chi connectivity index (χ3v) is 0.589. The molecule has 0 radical (unpaired) electrons. The lowest BCUT2D eigenvalue weighted by Crippen LogP contribution is -2.28. The fourth-order valence-electron chi connectivity index (χ4n) is 0.328. The minimum Gasteiger partial charge on any atom is -0.284 e. The molecule has 0 saturated heterocycles. The smallest absolute Gasteiger partial charge is 0.284 e. The Kier molecular flexibility index (Phi) is 0.714. The van der Waals surface area contributed by atoms with E-state index in [9.17, 15) is 4.79 Å². The number of hydrogen-bond acceptors (Lipinski definition) is 2. The van der Waals surface area contributed by atoms with Crippen LogP contribution in [-0.4, -0.2) is 5.27 Å². The first kappa shape index (κ1) is 4.11. The predicted molar refractivity (Wildman–Crippen MR) is 20.5 cm³/mol. The van der Waals surface area contributed by atoms with Crippen molar-refractivity contribution in [2.45, 2.75) is 0 Å².